The summed E-state index contributed by atoms with van der Waals surface area (Å²) in [4.78, 5) is 22.0. The Morgan fingerprint density at radius 2 is 2.00 bits per heavy atom. The van der Waals surface area contributed by atoms with Crippen LogP contribution in [0.1, 0.15) is 37.2 Å². The van der Waals surface area contributed by atoms with Gasteiger partial charge in [-0.3, -0.25) is 4.79 Å². The molecule has 0 radical (unpaired) electrons. The van der Waals surface area contributed by atoms with Crippen LogP contribution in [-0.2, 0) is 14.8 Å². The third-order valence-electron chi connectivity index (χ3n) is 5.21. The fourth-order valence-corrected chi connectivity index (χ4v) is 4.16. The molecule has 28 heavy (non-hydrogen) atoms. The zero-order chi connectivity index (χ0) is 20.5. The number of piperidine rings is 1. The lowest BCUT2D eigenvalue weighted by Crippen LogP contribution is -2.51. The molecule has 1 aliphatic rings. The van der Waals surface area contributed by atoms with Crippen molar-refractivity contribution in [1.29, 1.82) is 0 Å². The van der Waals surface area contributed by atoms with E-state index in [2.05, 4.69) is 14.7 Å². The number of amides is 1. The number of nitrogens with zero attached hydrogens (tertiary/aromatic N) is 2. The van der Waals surface area contributed by atoms with Crippen molar-refractivity contribution >= 4 is 15.9 Å². The number of aromatic amines is 1. The highest BCUT2D eigenvalue weighted by atomic mass is 32.2. The molecule has 2 aromatic rings. The molecule has 3 atom stereocenters. The number of aliphatic hydroxyl groups excluding tert-OH is 1. The van der Waals surface area contributed by atoms with E-state index in [-0.39, 0.29) is 6.54 Å². The lowest BCUT2D eigenvalue weighted by atomic mass is 9.99. The number of aryl methyl sites for hydroxylation is 1. The van der Waals surface area contributed by atoms with Crippen LogP contribution >= 0.6 is 0 Å². The molecule has 0 saturated carbocycles. The van der Waals surface area contributed by atoms with Gasteiger partial charge in [-0.2, -0.15) is 0 Å². The molecule has 1 aromatic carbocycles. The van der Waals surface area contributed by atoms with Crippen LogP contribution in [0.3, 0.4) is 0 Å². The summed E-state index contributed by atoms with van der Waals surface area (Å²) >= 11 is 0. The second-order valence-electron chi connectivity index (χ2n) is 7.18. The Morgan fingerprint density at radius 3 is 2.64 bits per heavy atom. The number of hydrogen-bond donors (Lipinski definition) is 3. The highest BCUT2D eigenvalue weighted by Crippen LogP contribution is 2.32. The number of sulfonamides is 1. The second-order valence-corrected chi connectivity index (χ2v) is 9.38. The van der Waals surface area contributed by atoms with Gasteiger partial charge in [0.1, 0.15) is 5.82 Å². The van der Waals surface area contributed by atoms with E-state index in [1.54, 1.807) is 6.20 Å². The molecule has 1 fully saturated rings. The first-order chi connectivity index (χ1) is 13.2. The van der Waals surface area contributed by atoms with Crippen LogP contribution in [0.4, 0.5) is 0 Å². The van der Waals surface area contributed by atoms with Gasteiger partial charge in [0, 0.05) is 6.54 Å². The lowest BCUT2D eigenvalue weighted by molar-refractivity contribution is -0.137. The van der Waals surface area contributed by atoms with Crippen LogP contribution in [0.5, 0.6) is 0 Å². The Morgan fingerprint density at radius 1 is 1.32 bits per heavy atom. The summed E-state index contributed by atoms with van der Waals surface area (Å²) in [5.41, 5.74) is 2.95. The van der Waals surface area contributed by atoms with Crippen LogP contribution in [-0.4, -0.2) is 59.2 Å². The number of aromatic nitrogens is 2. The molecule has 3 rings (SSSR count). The van der Waals surface area contributed by atoms with Gasteiger partial charge in [0.15, 0.2) is 5.25 Å². The number of likely N-dealkylation sites (tertiary alicyclic amines) is 1. The Bertz CT molecular complexity index is 939. The van der Waals surface area contributed by atoms with Gasteiger partial charge in [-0.15, -0.1) is 0 Å². The first kappa shape index (κ1) is 20.5. The van der Waals surface area contributed by atoms with E-state index >= 15 is 0 Å². The summed E-state index contributed by atoms with van der Waals surface area (Å²) in [5, 5.41) is 8.80. The van der Waals surface area contributed by atoms with Gasteiger partial charge in [0.25, 0.3) is 0 Å². The van der Waals surface area contributed by atoms with Gasteiger partial charge in [0.2, 0.25) is 15.9 Å². The zero-order valence-electron chi connectivity index (χ0n) is 16.2. The normalized spacial score (nSPS) is 21.5. The van der Waals surface area contributed by atoms with Crippen LogP contribution in [0.15, 0.2) is 30.5 Å². The van der Waals surface area contributed by atoms with E-state index in [9.17, 15) is 18.3 Å². The Kier molecular flexibility index (Phi) is 5.87. The number of β-amino-alcohol motifs (C(OH)–C–C–N with tert-alkyl or cyclic N) is 1. The predicted octanol–water partition coefficient (Wildman–Crippen LogP) is 1.35. The highest BCUT2D eigenvalue weighted by Gasteiger charge is 2.39. The average molecular weight is 407 g/mol. The van der Waals surface area contributed by atoms with Crippen LogP contribution in [0.2, 0.25) is 0 Å². The van der Waals surface area contributed by atoms with Gasteiger partial charge in [-0.05, 0) is 39.3 Å². The van der Waals surface area contributed by atoms with Crippen molar-refractivity contribution in [3.05, 3.63) is 41.9 Å². The van der Waals surface area contributed by atoms with Crippen LogP contribution in [0.25, 0.3) is 11.3 Å². The second kappa shape index (κ2) is 8.02. The van der Waals surface area contributed by atoms with Crippen molar-refractivity contribution in [2.24, 2.45) is 0 Å². The number of rotatable bonds is 5. The molecule has 1 amide bonds. The average Bonchev–Trinajstić information content (AvgIpc) is 3.17. The maximum absolute atomic E-state index is 12.9. The van der Waals surface area contributed by atoms with Gasteiger partial charge in [-0.1, -0.05) is 29.8 Å². The molecule has 1 aromatic heterocycles. The van der Waals surface area contributed by atoms with Crippen molar-refractivity contribution in [3.8, 4) is 11.3 Å². The number of aliphatic hydroxyl groups is 1. The molecule has 1 saturated heterocycles. The third kappa shape index (κ3) is 4.11. The van der Waals surface area contributed by atoms with Crippen molar-refractivity contribution in [3.63, 3.8) is 0 Å². The standard InChI is InChI=1S/C19H26N4O4S/c1-12-4-6-14(7-5-12)16-10-21-18(22-16)17-9-8-15(24)11-23(17)19(25)13(2)28(26,27)20-3/h4-7,10,13,15,17,20,24H,8-9,11H2,1-3H3,(H,21,22). The minimum absolute atomic E-state index is 0.0770. The molecule has 1 aliphatic heterocycles. The number of hydrogen-bond acceptors (Lipinski definition) is 5. The van der Waals surface area contributed by atoms with Crippen LogP contribution < -0.4 is 4.72 Å². The molecule has 8 nitrogen and oxygen atoms in total. The van der Waals surface area contributed by atoms with Crippen molar-refractivity contribution < 1.29 is 18.3 Å². The molecule has 3 N–H and O–H groups in total. The summed E-state index contributed by atoms with van der Waals surface area (Å²) in [6, 6.07) is 7.58. The monoisotopic (exact) mass is 406 g/mol. The fraction of sp³-hybridized carbons (Fsp3) is 0.474. The quantitative estimate of drug-likeness (QED) is 0.693. The summed E-state index contributed by atoms with van der Waals surface area (Å²) in [6.45, 7) is 3.44. The molecule has 2 heterocycles. The minimum atomic E-state index is -3.77. The zero-order valence-corrected chi connectivity index (χ0v) is 17.0. The molecule has 0 bridgehead atoms. The number of nitrogens with one attached hydrogen (secondary N) is 2. The van der Waals surface area contributed by atoms with Gasteiger partial charge >= 0.3 is 0 Å². The van der Waals surface area contributed by atoms with Crippen molar-refractivity contribution in [2.75, 3.05) is 13.6 Å². The van der Waals surface area contributed by atoms with E-state index in [4.69, 9.17) is 0 Å². The third-order valence-corrected chi connectivity index (χ3v) is 6.91. The molecular weight excluding hydrogens is 380 g/mol. The summed E-state index contributed by atoms with van der Waals surface area (Å²) in [6.07, 6.45) is 2.04. The van der Waals surface area contributed by atoms with E-state index in [0.29, 0.717) is 18.7 Å². The SMILES string of the molecule is CNS(=O)(=O)C(C)C(=O)N1CC(O)CCC1c1ncc(-c2ccc(C)cc2)[nH]1. The maximum Gasteiger partial charge on any atom is 0.242 e. The molecule has 3 unspecified atom stereocenters. The molecule has 152 valence electrons. The fourth-order valence-electron chi connectivity index (χ4n) is 3.41. The number of benzene rings is 1. The predicted molar refractivity (Wildman–Crippen MR) is 106 cm³/mol. The van der Waals surface area contributed by atoms with E-state index in [0.717, 1.165) is 16.8 Å². The van der Waals surface area contributed by atoms with Gasteiger partial charge in [-0.25, -0.2) is 18.1 Å². The first-order valence-electron chi connectivity index (χ1n) is 9.25. The lowest BCUT2D eigenvalue weighted by Gasteiger charge is -2.38. The summed E-state index contributed by atoms with van der Waals surface area (Å²) < 4.78 is 26.4. The number of imidazole rings is 1. The number of carbonyl (C=O) groups is 1. The van der Waals surface area contributed by atoms with E-state index in [1.165, 1.54) is 18.9 Å². The van der Waals surface area contributed by atoms with Crippen LogP contribution in [0, 0.1) is 6.92 Å². The Balaban J connectivity index is 1.88. The van der Waals surface area contributed by atoms with Crippen molar-refractivity contribution in [2.45, 2.75) is 44.1 Å². The molecule has 9 heteroatoms. The topological polar surface area (TPSA) is 115 Å². The molecule has 0 spiro atoms. The summed E-state index contributed by atoms with van der Waals surface area (Å²) in [7, 11) is -2.49. The largest absolute Gasteiger partial charge is 0.391 e. The van der Waals surface area contributed by atoms with Gasteiger partial charge in [0.05, 0.1) is 24.0 Å². The highest BCUT2D eigenvalue weighted by molar-refractivity contribution is 7.90. The van der Waals surface area contributed by atoms with E-state index < -0.39 is 33.3 Å². The maximum atomic E-state index is 12.9. The smallest absolute Gasteiger partial charge is 0.242 e. The number of H-pyrrole nitrogens is 1. The van der Waals surface area contributed by atoms with Crippen molar-refractivity contribution in [1.82, 2.24) is 19.6 Å². The molecule has 0 aliphatic carbocycles. The minimum Gasteiger partial charge on any atom is -0.391 e. The summed E-state index contributed by atoms with van der Waals surface area (Å²) in [5.74, 6) is 0.0382. The Hall–Kier alpha value is -2.23. The number of carbonyl (C=O) groups excluding carboxylic acids is 1. The van der Waals surface area contributed by atoms with Gasteiger partial charge < -0.3 is 15.0 Å². The molecular formula is C19H26N4O4S. The Labute approximate surface area is 165 Å². The first-order valence-corrected chi connectivity index (χ1v) is 10.8. The van der Waals surface area contributed by atoms with E-state index in [1.807, 2.05) is 31.2 Å².